The summed E-state index contributed by atoms with van der Waals surface area (Å²) in [6.07, 6.45) is 0.603. The van der Waals surface area contributed by atoms with Gasteiger partial charge in [-0.2, -0.15) is 9.41 Å². The maximum Gasteiger partial charge on any atom is 0.360 e. The number of hydrazone groups is 1. The number of nitrogens with zero attached hydrogens (tertiary/aromatic N) is 3. The minimum Gasteiger partial charge on any atom is -0.289 e. The van der Waals surface area contributed by atoms with Gasteiger partial charge in [-0.1, -0.05) is 30.3 Å². The Bertz CT molecular complexity index is 747. The van der Waals surface area contributed by atoms with Crippen molar-refractivity contribution in [1.82, 2.24) is 5.01 Å². The average molecular weight is 349 g/mol. The third-order valence-corrected chi connectivity index (χ3v) is 5.11. The number of hydrogen-bond donors (Lipinski definition) is 1. The first-order valence-corrected chi connectivity index (χ1v) is 8.89. The van der Waals surface area contributed by atoms with E-state index in [9.17, 15) is 13.6 Å². The molecule has 0 fully saturated rings. The molecule has 1 aromatic carbocycles. The largest absolute Gasteiger partial charge is 0.360 e. The van der Waals surface area contributed by atoms with Gasteiger partial charge in [0, 0.05) is 12.1 Å². The van der Waals surface area contributed by atoms with Crippen molar-refractivity contribution in [1.29, 1.82) is 0 Å². The van der Waals surface area contributed by atoms with E-state index in [0.29, 0.717) is 11.4 Å². The van der Waals surface area contributed by atoms with Crippen molar-refractivity contribution < 1.29 is 13.6 Å². The van der Waals surface area contributed by atoms with Crippen LogP contribution in [0.4, 0.5) is 9.80 Å². The van der Waals surface area contributed by atoms with Gasteiger partial charge in [0.15, 0.2) is 0 Å². The summed E-state index contributed by atoms with van der Waals surface area (Å²) in [7, 11) is 0. The number of benzene rings is 1. The number of rotatable bonds is 3. The fraction of sp³-hybridized carbons (Fsp3) is 0.200. The first kappa shape index (κ1) is 15.9. The number of thiophene rings is 1. The fourth-order valence-electron chi connectivity index (χ4n) is 2.49. The average Bonchev–Trinajstić information content (AvgIpc) is 3.17. The molecule has 2 amide bonds. The zero-order valence-electron chi connectivity index (χ0n) is 12.3. The van der Waals surface area contributed by atoms with E-state index in [1.54, 1.807) is 17.5 Å². The number of carbonyl (C=O) groups excluding carboxylic acids is 1. The van der Waals surface area contributed by atoms with Crippen LogP contribution in [0.25, 0.3) is 0 Å². The van der Waals surface area contributed by atoms with Crippen LogP contribution in [0.15, 0.2) is 52.9 Å². The monoisotopic (exact) mass is 349 g/mol. The fourth-order valence-corrected chi connectivity index (χ4v) is 3.87. The molecule has 0 bridgehead atoms. The molecule has 6 nitrogen and oxygen atoms in total. The minimum atomic E-state index is -2.46. The number of urea groups is 1. The van der Waals surface area contributed by atoms with Crippen LogP contribution in [0.1, 0.15) is 24.9 Å². The number of hydrogen-bond acceptors (Lipinski definition) is 4. The maximum absolute atomic E-state index is 12.8. The van der Waals surface area contributed by atoms with E-state index in [-0.39, 0.29) is 6.04 Å². The summed E-state index contributed by atoms with van der Waals surface area (Å²) in [6, 6.07) is 12.0. The lowest BCUT2D eigenvalue weighted by atomic mass is 10.0. The van der Waals surface area contributed by atoms with Crippen molar-refractivity contribution in [3.63, 3.8) is 0 Å². The highest BCUT2D eigenvalue weighted by Crippen LogP contribution is 2.33. The Morgan fingerprint density at radius 3 is 2.70 bits per heavy atom. The summed E-state index contributed by atoms with van der Waals surface area (Å²) in [5, 5.41) is 7.72. The van der Waals surface area contributed by atoms with Crippen LogP contribution in [-0.4, -0.2) is 25.5 Å². The van der Waals surface area contributed by atoms with Gasteiger partial charge < -0.3 is 0 Å². The Hall–Kier alpha value is -2.03. The molecule has 8 heteroatoms. The van der Waals surface area contributed by atoms with Gasteiger partial charge in [0.05, 0.1) is 6.04 Å². The quantitative estimate of drug-likeness (QED) is 0.860. The van der Waals surface area contributed by atoms with Gasteiger partial charge in [-0.25, -0.2) is 14.0 Å². The standard InChI is InChI=1S/C15H15N3O3S2/c1-11-10-13(12-6-3-2-4-7-12)17(16-11)15(19)18(23(20)21)14-8-5-9-22-14/h2-9,13H,10H2,1H3,(H,20,21). The predicted octanol–water partition coefficient (Wildman–Crippen LogP) is 3.63. The second-order valence-corrected chi connectivity index (χ2v) is 6.82. The van der Waals surface area contributed by atoms with Crippen LogP contribution in [0.3, 0.4) is 0 Å². The van der Waals surface area contributed by atoms with E-state index in [4.69, 9.17) is 0 Å². The van der Waals surface area contributed by atoms with Crippen molar-refractivity contribution in [3.05, 3.63) is 53.4 Å². The Kier molecular flexibility index (Phi) is 4.56. The second kappa shape index (κ2) is 6.61. The lowest BCUT2D eigenvalue weighted by Crippen LogP contribution is -2.41. The maximum atomic E-state index is 12.8. The zero-order valence-corrected chi connectivity index (χ0v) is 14.0. The summed E-state index contributed by atoms with van der Waals surface area (Å²) in [5.41, 5.74) is 1.75. The van der Waals surface area contributed by atoms with Crippen LogP contribution >= 0.6 is 11.3 Å². The lowest BCUT2D eigenvalue weighted by Gasteiger charge is -2.26. The third kappa shape index (κ3) is 3.19. The Balaban J connectivity index is 1.94. The van der Waals surface area contributed by atoms with Gasteiger partial charge in [0.2, 0.25) is 0 Å². The van der Waals surface area contributed by atoms with E-state index < -0.39 is 17.3 Å². The van der Waals surface area contributed by atoms with Crippen LogP contribution in [0.5, 0.6) is 0 Å². The van der Waals surface area contributed by atoms with E-state index in [1.807, 2.05) is 37.3 Å². The first-order valence-electron chi connectivity index (χ1n) is 6.94. The van der Waals surface area contributed by atoms with Crippen molar-refractivity contribution in [2.24, 2.45) is 5.10 Å². The Morgan fingerprint density at radius 1 is 1.35 bits per heavy atom. The first-order chi connectivity index (χ1) is 11.1. The molecule has 23 heavy (non-hydrogen) atoms. The highest BCUT2D eigenvalue weighted by atomic mass is 32.2. The molecule has 2 aromatic rings. The Morgan fingerprint density at radius 2 is 2.09 bits per heavy atom. The molecular formula is C15H15N3O3S2. The molecule has 0 aliphatic carbocycles. The van der Waals surface area contributed by atoms with Crippen LogP contribution in [-0.2, 0) is 11.3 Å². The molecule has 1 aliphatic heterocycles. The SMILES string of the molecule is CC1=NN(C(=O)N(c2cccs2)S(=O)O)C(c2ccccc2)C1. The highest BCUT2D eigenvalue weighted by molar-refractivity contribution is 7.81. The molecule has 1 N–H and O–H groups in total. The number of amides is 2. The van der Waals surface area contributed by atoms with Crippen molar-refractivity contribution in [2.45, 2.75) is 19.4 Å². The molecule has 3 rings (SSSR count). The minimum absolute atomic E-state index is 0.269. The molecule has 2 unspecified atom stereocenters. The molecule has 0 radical (unpaired) electrons. The van der Waals surface area contributed by atoms with E-state index in [1.165, 1.54) is 16.3 Å². The topological polar surface area (TPSA) is 73.2 Å². The van der Waals surface area contributed by atoms with Gasteiger partial charge >= 0.3 is 6.03 Å². The summed E-state index contributed by atoms with van der Waals surface area (Å²) in [4.78, 5) is 12.8. The van der Waals surface area contributed by atoms with E-state index in [0.717, 1.165) is 15.6 Å². The molecule has 1 aliphatic rings. The van der Waals surface area contributed by atoms with E-state index >= 15 is 0 Å². The molecule has 0 saturated carbocycles. The Labute approximate surface area is 140 Å². The molecule has 1 aromatic heterocycles. The summed E-state index contributed by atoms with van der Waals surface area (Å²) < 4.78 is 22.1. The van der Waals surface area contributed by atoms with Gasteiger partial charge in [-0.15, -0.1) is 11.3 Å². The highest BCUT2D eigenvalue weighted by Gasteiger charge is 2.36. The van der Waals surface area contributed by atoms with E-state index in [2.05, 4.69) is 5.10 Å². The third-order valence-electron chi connectivity index (χ3n) is 3.48. The zero-order chi connectivity index (χ0) is 16.4. The smallest absolute Gasteiger partial charge is 0.289 e. The van der Waals surface area contributed by atoms with Crippen LogP contribution in [0.2, 0.25) is 0 Å². The number of carbonyl (C=O) groups is 1. The van der Waals surface area contributed by atoms with Gasteiger partial charge in [0.1, 0.15) is 5.00 Å². The number of anilines is 1. The molecule has 120 valence electrons. The second-order valence-electron chi connectivity index (χ2n) is 5.07. The molecule has 2 heterocycles. The van der Waals surface area contributed by atoms with Crippen molar-refractivity contribution >= 4 is 39.3 Å². The van der Waals surface area contributed by atoms with Crippen LogP contribution < -0.4 is 4.31 Å². The molecule has 0 spiro atoms. The summed E-state index contributed by atoms with van der Waals surface area (Å²) in [5.74, 6) is 0. The lowest BCUT2D eigenvalue weighted by molar-refractivity contribution is 0.197. The van der Waals surface area contributed by atoms with Gasteiger partial charge in [-0.3, -0.25) is 4.55 Å². The van der Waals surface area contributed by atoms with Crippen molar-refractivity contribution in [3.8, 4) is 0 Å². The normalized spacial score (nSPS) is 18.6. The summed E-state index contributed by atoms with van der Waals surface area (Å²) >= 11 is -1.24. The van der Waals surface area contributed by atoms with Crippen LogP contribution in [0, 0.1) is 0 Å². The molecule has 2 atom stereocenters. The van der Waals surface area contributed by atoms with Gasteiger partial charge in [0.25, 0.3) is 11.3 Å². The van der Waals surface area contributed by atoms with Gasteiger partial charge in [-0.05, 0) is 30.0 Å². The molecule has 0 saturated heterocycles. The molecular weight excluding hydrogens is 334 g/mol. The van der Waals surface area contributed by atoms with Crippen molar-refractivity contribution in [2.75, 3.05) is 4.31 Å². The summed E-state index contributed by atoms with van der Waals surface area (Å²) in [6.45, 7) is 1.84. The predicted molar refractivity (Wildman–Crippen MR) is 91.7 cm³/mol.